The summed E-state index contributed by atoms with van der Waals surface area (Å²) < 4.78 is 6.87. The summed E-state index contributed by atoms with van der Waals surface area (Å²) in [6.45, 7) is 5.15. The summed E-state index contributed by atoms with van der Waals surface area (Å²) in [5, 5.41) is 13.3. The lowest BCUT2D eigenvalue weighted by Crippen LogP contribution is -2.29. The van der Waals surface area contributed by atoms with Crippen molar-refractivity contribution in [2.45, 2.75) is 13.5 Å². The highest BCUT2D eigenvalue weighted by Gasteiger charge is 2.09. The second-order valence-corrected chi connectivity index (χ2v) is 3.91. The van der Waals surface area contributed by atoms with Crippen molar-refractivity contribution in [3.63, 3.8) is 0 Å². The fourth-order valence-corrected chi connectivity index (χ4v) is 1.68. The maximum absolute atomic E-state index is 8.99. The molecule has 0 unspecified atom stereocenters. The molecule has 0 aromatic carbocycles. The number of hydrogen-bond acceptors (Lipinski definition) is 4. The van der Waals surface area contributed by atoms with Crippen molar-refractivity contribution in [3.05, 3.63) is 17.5 Å². The first-order chi connectivity index (χ1) is 7.67. The van der Waals surface area contributed by atoms with Crippen molar-refractivity contribution in [2.24, 2.45) is 7.05 Å². The third kappa shape index (κ3) is 3.92. The number of ether oxygens (including phenoxy) is 1. The highest BCUT2D eigenvalue weighted by molar-refractivity contribution is 5.14. The van der Waals surface area contributed by atoms with Gasteiger partial charge in [0.15, 0.2) is 0 Å². The molecule has 5 nitrogen and oxygen atoms in total. The van der Waals surface area contributed by atoms with E-state index in [1.807, 2.05) is 24.9 Å². The van der Waals surface area contributed by atoms with E-state index >= 15 is 0 Å². The summed E-state index contributed by atoms with van der Waals surface area (Å²) in [5.74, 6) is 0. The van der Waals surface area contributed by atoms with E-state index in [4.69, 9.17) is 9.84 Å². The van der Waals surface area contributed by atoms with Gasteiger partial charge < -0.3 is 9.84 Å². The first-order valence-corrected chi connectivity index (χ1v) is 5.48. The van der Waals surface area contributed by atoms with E-state index in [2.05, 4.69) is 10.00 Å². The Labute approximate surface area is 96.6 Å². The molecule has 1 aromatic rings. The maximum atomic E-state index is 8.99. The Morgan fingerprint density at radius 1 is 1.50 bits per heavy atom. The number of aliphatic hydroxyl groups excluding tert-OH is 1. The van der Waals surface area contributed by atoms with Crippen LogP contribution >= 0.6 is 0 Å². The molecule has 16 heavy (non-hydrogen) atoms. The molecule has 0 fully saturated rings. The Hall–Kier alpha value is -0.910. The van der Waals surface area contributed by atoms with E-state index in [1.54, 1.807) is 7.11 Å². The van der Waals surface area contributed by atoms with Gasteiger partial charge >= 0.3 is 0 Å². The van der Waals surface area contributed by atoms with E-state index < -0.39 is 0 Å². The molecule has 0 amide bonds. The summed E-state index contributed by atoms with van der Waals surface area (Å²) in [6, 6.07) is 0. The lowest BCUT2D eigenvalue weighted by Gasteiger charge is -2.20. The van der Waals surface area contributed by atoms with Crippen LogP contribution in [0.1, 0.15) is 11.3 Å². The van der Waals surface area contributed by atoms with Crippen LogP contribution < -0.4 is 0 Å². The van der Waals surface area contributed by atoms with Gasteiger partial charge in [0.2, 0.25) is 0 Å². The standard InChI is InChI=1S/C11H21N3O2/c1-10-11(8-13(2)12-10)9-14(4-6-15)5-7-16-3/h8,15H,4-7,9H2,1-3H3. The zero-order valence-corrected chi connectivity index (χ0v) is 10.3. The second kappa shape index (κ2) is 6.62. The smallest absolute Gasteiger partial charge is 0.0638 e. The van der Waals surface area contributed by atoms with E-state index in [-0.39, 0.29) is 6.61 Å². The van der Waals surface area contributed by atoms with Gasteiger partial charge in [-0.3, -0.25) is 9.58 Å². The SMILES string of the molecule is COCCN(CCO)Cc1cn(C)nc1C. The molecular formula is C11H21N3O2. The van der Waals surface area contributed by atoms with Gasteiger partial charge in [-0.15, -0.1) is 0 Å². The van der Waals surface area contributed by atoms with Crippen molar-refractivity contribution in [1.29, 1.82) is 0 Å². The topological polar surface area (TPSA) is 50.5 Å². The van der Waals surface area contributed by atoms with Crippen molar-refractivity contribution in [3.8, 4) is 0 Å². The van der Waals surface area contributed by atoms with Crippen molar-refractivity contribution < 1.29 is 9.84 Å². The van der Waals surface area contributed by atoms with Crippen molar-refractivity contribution in [2.75, 3.05) is 33.4 Å². The van der Waals surface area contributed by atoms with Crippen LogP contribution in [0.25, 0.3) is 0 Å². The quantitative estimate of drug-likeness (QED) is 0.721. The Kier molecular flexibility index (Phi) is 5.45. The minimum atomic E-state index is 0.170. The van der Waals surface area contributed by atoms with Gasteiger partial charge in [-0.25, -0.2) is 0 Å². The van der Waals surface area contributed by atoms with Gasteiger partial charge in [-0.05, 0) is 6.92 Å². The average Bonchev–Trinajstić information content (AvgIpc) is 2.54. The Balaban J connectivity index is 2.56. The molecule has 0 saturated heterocycles. The summed E-state index contributed by atoms with van der Waals surface area (Å²) in [5.41, 5.74) is 2.25. The third-order valence-electron chi connectivity index (χ3n) is 2.54. The Morgan fingerprint density at radius 2 is 2.25 bits per heavy atom. The molecule has 0 aliphatic carbocycles. The normalized spacial score (nSPS) is 11.3. The molecule has 0 bridgehead atoms. The number of aryl methyl sites for hydroxylation is 2. The number of aromatic nitrogens is 2. The lowest BCUT2D eigenvalue weighted by molar-refractivity contribution is 0.126. The molecule has 0 aliphatic heterocycles. The fourth-order valence-electron chi connectivity index (χ4n) is 1.68. The summed E-state index contributed by atoms with van der Waals surface area (Å²) in [6.07, 6.45) is 2.02. The maximum Gasteiger partial charge on any atom is 0.0638 e. The zero-order chi connectivity index (χ0) is 12.0. The predicted molar refractivity (Wildman–Crippen MR) is 62.2 cm³/mol. The average molecular weight is 227 g/mol. The molecule has 0 radical (unpaired) electrons. The van der Waals surface area contributed by atoms with Gasteiger partial charge in [0, 0.05) is 45.6 Å². The Morgan fingerprint density at radius 3 is 2.75 bits per heavy atom. The van der Waals surface area contributed by atoms with Crippen LogP contribution in [-0.4, -0.2) is 53.2 Å². The fraction of sp³-hybridized carbons (Fsp3) is 0.727. The number of methoxy groups -OCH3 is 1. The van der Waals surface area contributed by atoms with Gasteiger partial charge in [0.1, 0.15) is 0 Å². The number of aliphatic hydroxyl groups is 1. The number of rotatable bonds is 7. The van der Waals surface area contributed by atoms with Crippen molar-refractivity contribution in [1.82, 2.24) is 14.7 Å². The minimum Gasteiger partial charge on any atom is -0.395 e. The van der Waals surface area contributed by atoms with Crippen LogP contribution in [0, 0.1) is 6.92 Å². The lowest BCUT2D eigenvalue weighted by atomic mass is 10.2. The Bertz CT molecular complexity index is 312. The highest BCUT2D eigenvalue weighted by Crippen LogP contribution is 2.08. The van der Waals surface area contributed by atoms with Crippen LogP contribution in [0.3, 0.4) is 0 Å². The molecule has 1 heterocycles. The van der Waals surface area contributed by atoms with E-state index in [0.29, 0.717) is 13.2 Å². The van der Waals surface area contributed by atoms with E-state index in [9.17, 15) is 0 Å². The van der Waals surface area contributed by atoms with Crippen LogP contribution in [0.5, 0.6) is 0 Å². The van der Waals surface area contributed by atoms with Crippen LogP contribution in [-0.2, 0) is 18.3 Å². The van der Waals surface area contributed by atoms with Gasteiger partial charge in [-0.1, -0.05) is 0 Å². The molecular weight excluding hydrogens is 206 g/mol. The molecule has 0 atom stereocenters. The summed E-state index contributed by atoms with van der Waals surface area (Å²) in [4.78, 5) is 2.16. The van der Waals surface area contributed by atoms with Crippen molar-refractivity contribution >= 4 is 0 Å². The van der Waals surface area contributed by atoms with Crippen LogP contribution in [0.4, 0.5) is 0 Å². The molecule has 1 rings (SSSR count). The summed E-state index contributed by atoms with van der Waals surface area (Å²) >= 11 is 0. The number of nitrogens with zero attached hydrogens (tertiary/aromatic N) is 3. The second-order valence-electron chi connectivity index (χ2n) is 3.91. The predicted octanol–water partition coefficient (Wildman–Crippen LogP) is 0.169. The van der Waals surface area contributed by atoms with Gasteiger partial charge in [0.25, 0.3) is 0 Å². The monoisotopic (exact) mass is 227 g/mol. The highest BCUT2D eigenvalue weighted by atomic mass is 16.5. The third-order valence-corrected chi connectivity index (χ3v) is 2.54. The van der Waals surface area contributed by atoms with Crippen LogP contribution in [0.2, 0.25) is 0 Å². The molecule has 0 spiro atoms. The first-order valence-electron chi connectivity index (χ1n) is 5.48. The van der Waals surface area contributed by atoms with Gasteiger partial charge in [-0.2, -0.15) is 5.10 Å². The first kappa shape index (κ1) is 13.2. The molecule has 5 heteroatoms. The molecule has 1 aromatic heterocycles. The molecule has 1 N–H and O–H groups in total. The van der Waals surface area contributed by atoms with Crippen LogP contribution in [0.15, 0.2) is 6.20 Å². The van der Waals surface area contributed by atoms with Gasteiger partial charge in [0.05, 0.1) is 18.9 Å². The molecule has 0 saturated carbocycles. The zero-order valence-electron chi connectivity index (χ0n) is 10.3. The van der Waals surface area contributed by atoms with E-state index in [0.717, 1.165) is 18.8 Å². The summed E-state index contributed by atoms with van der Waals surface area (Å²) in [7, 11) is 3.61. The molecule has 0 aliphatic rings. The molecule has 92 valence electrons. The number of hydrogen-bond donors (Lipinski definition) is 1. The van der Waals surface area contributed by atoms with E-state index in [1.165, 1.54) is 5.56 Å². The minimum absolute atomic E-state index is 0.170. The largest absolute Gasteiger partial charge is 0.395 e.